The molecule has 1 aliphatic heterocycles. The van der Waals surface area contributed by atoms with Crippen molar-refractivity contribution in [1.82, 2.24) is 20.9 Å². The number of aliphatic imine (C=N–C) groups is 1. The van der Waals surface area contributed by atoms with Crippen molar-refractivity contribution >= 4 is 35.8 Å². The Morgan fingerprint density at radius 3 is 2.45 bits per heavy atom. The molecule has 1 heterocycles. The third kappa shape index (κ3) is 7.13. The Labute approximate surface area is 150 Å². The molecule has 2 fully saturated rings. The number of rotatable bonds is 6. The third-order valence-electron chi connectivity index (χ3n) is 4.34. The van der Waals surface area contributed by atoms with Crippen LogP contribution in [0.25, 0.3) is 0 Å². The maximum atomic E-state index is 11.4. The molecule has 0 aromatic heterocycles. The van der Waals surface area contributed by atoms with E-state index >= 15 is 0 Å². The molecule has 0 unspecified atom stereocenters. The normalized spacial score (nSPS) is 20.2. The number of nitrogens with one attached hydrogen (secondary N) is 3. The second-order valence-corrected chi connectivity index (χ2v) is 6.10. The third-order valence-corrected chi connectivity index (χ3v) is 4.34. The van der Waals surface area contributed by atoms with E-state index in [9.17, 15) is 4.79 Å². The Bertz CT molecular complexity index is 365. The first-order chi connectivity index (χ1) is 10.2. The fraction of sp³-hybridized carbons (Fsp3) is 0.867. The summed E-state index contributed by atoms with van der Waals surface area (Å²) in [6.45, 7) is 3.45. The number of halogens is 1. The van der Waals surface area contributed by atoms with Crippen LogP contribution in [0.5, 0.6) is 0 Å². The molecule has 1 amide bonds. The average Bonchev–Trinajstić information content (AvgIpc) is 3.32. The molecule has 22 heavy (non-hydrogen) atoms. The fourth-order valence-electron chi connectivity index (χ4n) is 2.71. The molecule has 0 aromatic rings. The van der Waals surface area contributed by atoms with Gasteiger partial charge in [-0.2, -0.15) is 0 Å². The van der Waals surface area contributed by atoms with Gasteiger partial charge in [0.15, 0.2) is 5.96 Å². The number of amides is 1. The van der Waals surface area contributed by atoms with Crippen molar-refractivity contribution in [2.24, 2.45) is 10.9 Å². The van der Waals surface area contributed by atoms with E-state index in [1.165, 1.54) is 19.3 Å². The zero-order chi connectivity index (χ0) is 15.1. The molecule has 2 aliphatic rings. The van der Waals surface area contributed by atoms with Crippen molar-refractivity contribution in [1.29, 1.82) is 0 Å². The maximum absolute atomic E-state index is 11.4. The number of piperidine rings is 1. The molecule has 1 aliphatic carbocycles. The summed E-state index contributed by atoms with van der Waals surface area (Å²) in [6, 6.07) is 0.457. The van der Waals surface area contributed by atoms with Crippen molar-refractivity contribution in [3.05, 3.63) is 0 Å². The standard InChI is InChI=1S/C15H29N5O.HI/c1-16-14(21)11-20-9-6-13(7-10-20)19-15(17-2)18-8-5-12-3-4-12;/h12-13H,3-11H2,1-2H3,(H,16,21)(H2,17,18,19);1H. The molecule has 128 valence electrons. The van der Waals surface area contributed by atoms with Crippen molar-refractivity contribution in [3.8, 4) is 0 Å². The second-order valence-electron chi connectivity index (χ2n) is 6.10. The van der Waals surface area contributed by atoms with E-state index < -0.39 is 0 Å². The van der Waals surface area contributed by atoms with Gasteiger partial charge < -0.3 is 16.0 Å². The second kappa shape index (κ2) is 10.3. The number of carbonyl (C=O) groups excluding carboxylic acids is 1. The summed E-state index contributed by atoms with van der Waals surface area (Å²) in [6.07, 6.45) is 6.17. The zero-order valence-electron chi connectivity index (χ0n) is 13.7. The summed E-state index contributed by atoms with van der Waals surface area (Å²) in [7, 11) is 3.51. The highest BCUT2D eigenvalue weighted by atomic mass is 127. The van der Waals surface area contributed by atoms with E-state index in [-0.39, 0.29) is 29.9 Å². The van der Waals surface area contributed by atoms with Gasteiger partial charge in [-0.25, -0.2) is 0 Å². The van der Waals surface area contributed by atoms with Gasteiger partial charge in [0.2, 0.25) is 5.91 Å². The van der Waals surface area contributed by atoms with Crippen molar-refractivity contribution in [3.63, 3.8) is 0 Å². The number of likely N-dealkylation sites (N-methyl/N-ethyl adjacent to an activating group) is 1. The SMILES string of the molecule is CN=C(NCCC1CC1)NC1CCN(CC(=O)NC)CC1.I. The van der Waals surface area contributed by atoms with E-state index in [2.05, 4.69) is 25.8 Å². The molecule has 1 saturated heterocycles. The van der Waals surface area contributed by atoms with Gasteiger partial charge in [0.1, 0.15) is 0 Å². The molecular formula is C15H30IN5O. The van der Waals surface area contributed by atoms with E-state index in [1.807, 2.05) is 7.05 Å². The minimum Gasteiger partial charge on any atom is -0.358 e. The fourth-order valence-corrected chi connectivity index (χ4v) is 2.71. The molecule has 0 bridgehead atoms. The number of carbonyl (C=O) groups is 1. The molecule has 0 aromatic carbocycles. The Balaban J connectivity index is 0.00000242. The van der Waals surface area contributed by atoms with Crippen LogP contribution in [0.4, 0.5) is 0 Å². The first-order valence-corrected chi connectivity index (χ1v) is 8.11. The first-order valence-electron chi connectivity index (χ1n) is 8.11. The number of likely N-dealkylation sites (tertiary alicyclic amines) is 1. The van der Waals surface area contributed by atoms with Gasteiger partial charge in [0.25, 0.3) is 0 Å². The molecule has 0 radical (unpaired) electrons. The van der Waals surface area contributed by atoms with Gasteiger partial charge in [0.05, 0.1) is 6.54 Å². The largest absolute Gasteiger partial charge is 0.358 e. The number of hydrogen-bond acceptors (Lipinski definition) is 3. The van der Waals surface area contributed by atoms with Crippen LogP contribution in [-0.2, 0) is 4.79 Å². The van der Waals surface area contributed by atoms with Crippen LogP contribution in [-0.4, -0.2) is 63.1 Å². The van der Waals surface area contributed by atoms with Crippen LogP contribution in [0.1, 0.15) is 32.1 Å². The Kier molecular flexibility index (Phi) is 9.08. The summed E-state index contributed by atoms with van der Waals surface area (Å²) >= 11 is 0. The zero-order valence-corrected chi connectivity index (χ0v) is 16.1. The number of hydrogen-bond donors (Lipinski definition) is 3. The van der Waals surface area contributed by atoms with Crippen LogP contribution in [0.15, 0.2) is 4.99 Å². The van der Waals surface area contributed by atoms with Crippen molar-refractivity contribution < 1.29 is 4.79 Å². The smallest absolute Gasteiger partial charge is 0.233 e. The monoisotopic (exact) mass is 423 g/mol. The topological polar surface area (TPSA) is 68.8 Å². The summed E-state index contributed by atoms with van der Waals surface area (Å²) in [5.74, 6) is 1.96. The first kappa shape index (κ1) is 19.5. The quantitative estimate of drug-likeness (QED) is 0.336. The van der Waals surface area contributed by atoms with E-state index in [4.69, 9.17) is 0 Å². The molecule has 0 spiro atoms. The maximum Gasteiger partial charge on any atom is 0.233 e. The lowest BCUT2D eigenvalue weighted by Gasteiger charge is -2.32. The molecule has 3 N–H and O–H groups in total. The average molecular weight is 423 g/mol. The van der Waals surface area contributed by atoms with Crippen LogP contribution in [0, 0.1) is 5.92 Å². The molecule has 6 nitrogen and oxygen atoms in total. The highest BCUT2D eigenvalue weighted by Gasteiger charge is 2.22. The molecule has 0 atom stereocenters. The van der Waals surface area contributed by atoms with Crippen LogP contribution >= 0.6 is 24.0 Å². The summed E-state index contributed by atoms with van der Waals surface area (Å²) in [4.78, 5) is 17.9. The van der Waals surface area contributed by atoms with Crippen molar-refractivity contribution in [2.75, 3.05) is 40.3 Å². The lowest BCUT2D eigenvalue weighted by atomic mass is 10.1. The molecule has 7 heteroatoms. The highest BCUT2D eigenvalue weighted by molar-refractivity contribution is 14.0. The van der Waals surface area contributed by atoms with Crippen LogP contribution < -0.4 is 16.0 Å². The van der Waals surface area contributed by atoms with Gasteiger partial charge >= 0.3 is 0 Å². The predicted octanol–water partition coefficient (Wildman–Crippen LogP) is 0.780. The number of guanidine groups is 1. The lowest BCUT2D eigenvalue weighted by Crippen LogP contribution is -2.50. The van der Waals surface area contributed by atoms with Crippen LogP contribution in [0.2, 0.25) is 0 Å². The van der Waals surface area contributed by atoms with Crippen molar-refractivity contribution in [2.45, 2.75) is 38.1 Å². The van der Waals surface area contributed by atoms with E-state index in [0.717, 1.165) is 44.4 Å². The van der Waals surface area contributed by atoms with Gasteiger partial charge in [-0.3, -0.25) is 14.7 Å². The Morgan fingerprint density at radius 2 is 1.91 bits per heavy atom. The van der Waals surface area contributed by atoms with Gasteiger partial charge in [-0.05, 0) is 25.2 Å². The summed E-state index contributed by atoms with van der Waals surface area (Å²) in [5.41, 5.74) is 0. The summed E-state index contributed by atoms with van der Waals surface area (Å²) in [5, 5.41) is 9.58. The number of nitrogens with zero attached hydrogens (tertiary/aromatic N) is 2. The van der Waals surface area contributed by atoms with E-state index in [0.29, 0.717) is 12.6 Å². The molecule has 2 rings (SSSR count). The minimum atomic E-state index is 0. The van der Waals surface area contributed by atoms with E-state index in [1.54, 1.807) is 7.05 Å². The van der Waals surface area contributed by atoms with Crippen LogP contribution in [0.3, 0.4) is 0 Å². The van der Waals surface area contributed by atoms with Gasteiger partial charge in [-0.1, -0.05) is 12.8 Å². The summed E-state index contributed by atoms with van der Waals surface area (Å²) < 4.78 is 0. The van der Waals surface area contributed by atoms with Gasteiger partial charge in [-0.15, -0.1) is 24.0 Å². The molecule has 1 saturated carbocycles. The molecular weight excluding hydrogens is 393 g/mol. The minimum absolute atomic E-state index is 0. The highest BCUT2D eigenvalue weighted by Crippen LogP contribution is 2.31. The lowest BCUT2D eigenvalue weighted by molar-refractivity contribution is -0.122. The van der Waals surface area contributed by atoms with Gasteiger partial charge in [0, 0.05) is 39.8 Å². The predicted molar refractivity (Wildman–Crippen MR) is 101 cm³/mol. The Morgan fingerprint density at radius 1 is 1.23 bits per heavy atom. The Hall–Kier alpha value is -0.570.